The zero-order valence-electron chi connectivity index (χ0n) is 22.9. The highest BCUT2D eigenvalue weighted by Gasteiger charge is 2.47. The molecule has 0 spiro atoms. The van der Waals surface area contributed by atoms with Gasteiger partial charge in [0, 0.05) is 11.3 Å². The molecule has 4 rings (SSSR count). The number of nitrogens with zero attached hydrogens (tertiary/aromatic N) is 1. The minimum absolute atomic E-state index is 0.0514. The Hall–Kier alpha value is -3.38. The fourth-order valence-electron chi connectivity index (χ4n) is 4.67. The average molecular weight is 577 g/mol. The molecule has 1 saturated heterocycles. The van der Waals surface area contributed by atoms with Crippen molar-refractivity contribution in [2.75, 3.05) is 12.0 Å². The largest absolute Gasteiger partial charge is 0.507 e. The lowest BCUT2D eigenvalue weighted by Crippen LogP contribution is -2.29. The smallest absolute Gasteiger partial charge is 0.300 e. The molecule has 0 aromatic heterocycles. The van der Waals surface area contributed by atoms with Crippen LogP contribution in [-0.2, 0) is 20.4 Å². The molecule has 5 nitrogen and oxygen atoms in total. The van der Waals surface area contributed by atoms with Crippen LogP contribution < -0.4 is 9.64 Å². The molecule has 0 aliphatic carbocycles. The zero-order valence-corrected chi connectivity index (χ0v) is 24.5. The van der Waals surface area contributed by atoms with E-state index in [4.69, 9.17) is 4.74 Å². The number of hydrogen-bond acceptors (Lipinski definition) is 4. The van der Waals surface area contributed by atoms with Gasteiger partial charge in [-0.05, 0) is 73.8 Å². The lowest BCUT2D eigenvalue weighted by atomic mass is 9.85. The van der Waals surface area contributed by atoms with Crippen molar-refractivity contribution in [1.29, 1.82) is 0 Å². The van der Waals surface area contributed by atoms with E-state index >= 15 is 0 Å². The Kier molecular flexibility index (Phi) is 7.32. The van der Waals surface area contributed by atoms with Gasteiger partial charge >= 0.3 is 0 Å². The van der Waals surface area contributed by atoms with Crippen LogP contribution in [0.5, 0.6) is 5.75 Å². The number of ether oxygens (including phenoxy) is 1. The topological polar surface area (TPSA) is 66.8 Å². The Balaban J connectivity index is 1.91. The Labute approximate surface area is 233 Å². The summed E-state index contributed by atoms with van der Waals surface area (Å²) in [5.41, 5.74) is 3.94. The van der Waals surface area contributed by atoms with E-state index < -0.39 is 17.7 Å². The summed E-state index contributed by atoms with van der Waals surface area (Å²) in [4.78, 5) is 28.5. The molecular formula is C32H34BrNO4. The molecule has 3 aromatic rings. The number of aliphatic hydroxyl groups excluding tert-OH is 1. The number of halogens is 1. The van der Waals surface area contributed by atoms with Crippen LogP contribution in [0.3, 0.4) is 0 Å². The lowest BCUT2D eigenvalue weighted by Gasteiger charge is -2.27. The first kappa shape index (κ1) is 27.6. The number of ketones is 1. The number of methoxy groups -OCH3 is 1. The number of rotatable bonds is 4. The molecule has 1 atom stereocenters. The summed E-state index contributed by atoms with van der Waals surface area (Å²) in [5.74, 6) is -1.03. The van der Waals surface area contributed by atoms with Gasteiger partial charge in [-0.15, -0.1) is 0 Å². The van der Waals surface area contributed by atoms with E-state index in [1.165, 1.54) is 4.90 Å². The third kappa shape index (κ3) is 5.14. The molecule has 38 heavy (non-hydrogen) atoms. The van der Waals surface area contributed by atoms with Gasteiger partial charge in [0.15, 0.2) is 0 Å². The van der Waals surface area contributed by atoms with Crippen LogP contribution in [0.15, 0.2) is 76.8 Å². The van der Waals surface area contributed by atoms with Crippen LogP contribution in [0.4, 0.5) is 5.69 Å². The molecule has 0 bridgehead atoms. The molecular weight excluding hydrogens is 542 g/mol. The maximum atomic E-state index is 13.5. The fraction of sp³-hybridized carbons (Fsp3) is 0.312. The molecule has 1 aliphatic rings. The zero-order chi connectivity index (χ0) is 28.0. The third-order valence-corrected chi connectivity index (χ3v) is 7.59. The van der Waals surface area contributed by atoms with Gasteiger partial charge in [0.2, 0.25) is 0 Å². The van der Waals surface area contributed by atoms with Crippen LogP contribution in [0, 0.1) is 0 Å². The van der Waals surface area contributed by atoms with Crippen LogP contribution in [0.25, 0.3) is 5.76 Å². The van der Waals surface area contributed by atoms with Crippen LogP contribution in [-0.4, -0.2) is 23.9 Å². The summed E-state index contributed by atoms with van der Waals surface area (Å²) in [6, 6.07) is 19.9. The van der Waals surface area contributed by atoms with Crippen molar-refractivity contribution >= 4 is 39.1 Å². The van der Waals surface area contributed by atoms with Crippen LogP contribution in [0.2, 0.25) is 0 Å². The van der Waals surface area contributed by atoms with E-state index in [0.717, 1.165) is 16.7 Å². The molecule has 3 aromatic carbocycles. The molecule has 1 aliphatic heterocycles. The maximum Gasteiger partial charge on any atom is 0.300 e. The summed E-state index contributed by atoms with van der Waals surface area (Å²) in [6.45, 7) is 12.8. The number of anilines is 1. The van der Waals surface area contributed by atoms with Gasteiger partial charge in [0.05, 0.1) is 23.2 Å². The second-order valence-corrected chi connectivity index (χ2v) is 12.5. The lowest BCUT2D eigenvalue weighted by molar-refractivity contribution is -0.132. The summed E-state index contributed by atoms with van der Waals surface area (Å²) in [6.07, 6.45) is 0. The predicted octanol–water partition coefficient (Wildman–Crippen LogP) is 7.68. The minimum Gasteiger partial charge on any atom is -0.507 e. The van der Waals surface area contributed by atoms with Gasteiger partial charge in [-0.3, -0.25) is 14.5 Å². The molecule has 198 valence electrons. The first-order valence-corrected chi connectivity index (χ1v) is 13.4. The number of benzene rings is 3. The third-order valence-electron chi connectivity index (χ3n) is 6.97. The minimum atomic E-state index is -0.787. The van der Waals surface area contributed by atoms with Crippen molar-refractivity contribution in [1.82, 2.24) is 0 Å². The highest BCUT2D eigenvalue weighted by Crippen LogP contribution is 2.43. The fourth-order valence-corrected chi connectivity index (χ4v) is 5.21. The van der Waals surface area contributed by atoms with Gasteiger partial charge in [-0.1, -0.05) is 77.9 Å². The quantitative estimate of drug-likeness (QED) is 0.197. The van der Waals surface area contributed by atoms with E-state index in [9.17, 15) is 14.7 Å². The van der Waals surface area contributed by atoms with Gasteiger partial charge in [0.1, 0.15) is 11.5 Å². The summed E-state index contributed by atoms with van der Waals surface area (Å²) < 4.78 is 5.93. The Bertz CT molecular complexity index is 1410. The molecule has 6 heteroatoms. The molecule has 0 radical (unpaired) electrons. The number of amides is 1. The second-order valence-electron chi connectivity index (χ2n) is 11.7. The van der Waals surface area contributed by atoms with Crippen molar-refractivity contribution in [3.8, 4) is 5.75 Å². The monoisotopic (exact) mass is 575 g/mol. The highest BCUT2D eigenvalue weighted by atomic mass is 79.9. The van der Waals surface area contributed by atoms with Crippen molar-refractivity contribution in [3.63, 3.8) is 0 Å². The van der Waals surface area contributed by atoms with E-state index in [0.29, 0.717) is 21.5 Å². The normalized spacial score (nSPS) is 17.7. The van der Waals surface area contributed by atoms with E-state index in [1.54, 1.807) is 25.3 Å². The van der Waals surface area contributed by atoms with Crippen molar-refractivity contribution in [3.05, 3.63) is 99.0 Å². The average Bonchev–Trinajstić information content (AvgIpc) is 3.13. The van der Waals surface area contributed by atoms with Crippen molar-refractivity contribution < 1.29 is 19.4 Å². The maximum absolute atomic E-state index is 13.5. The molecule has 1 N–H and O–H groups in total. The van der Waals surface area contributed by atoms with Gasteiger partial charge in [-0.25, -0.2) is 0 Å². The highest BCUT2D eigenvalue weighted by molar-refractivity contribution is 9.10. The number of carbonyl (C=O) groups excluding carboxylic acids is 2. The molecule has 0 saturated carbocycles. The Morgan fingerprint density at radius 2 is 1.37 bits per heavy atom. The van der Waals surface area contributed by atoms with E-state index in [-0.39, 0.29) is 22.2 Å². The number of aliphatic hydroxyl groups is 1. The summed E-state index contributed by atoms with van der Waals surface area (Å²) >= 11 is 3.45. The SMILES string of the molecule is COc1ccc(/C(O)=C2/C(=O)C(=O)N(c3ccc(C(C)(C)C)cc3)C2c2ccc(C(C)(C)C)cc2)cc1Br. The van der Waals surface area contributed by atoms with E-state index in [1.807, 2.05) is 48.5 Å². The standard InChI is InChI=1S/C32H34BrNO4/c1-31(2,3)21-11-8-19(9-12-21)27-26(28(35)20-10-17-25(38-7)24(33)18-20)29(36)30(37)34(27)23-15-13-22(14-16-23)32(4,5)6/h8-18,27,35H,1-7H3/b28-26-. The first-order chi connectivity index (χ1) is 17.7. The van der Waals surface area contributed by atoms with Crippen LogP contribution >= 0.6 is 15.9 Å². The summed E-state index contributed by atoms with van der Waals surface area (Å²) in [7, 11) is 1.55. The number of Topliss-reactive ketones (excluding diaryl/α,β-unsaturated/α-hetero) is 1. The molecule has 1 amide bonds. The van der Waals surface area contributed by atoms with Crippen molar-refractivity contribution in [2.45, 2.75) is 58.4 Å². The first-order valence-electron chi connectivity index (χ1n) is 12.6. The molecule has 1 heterocycles. The molecule has 1 fully saturated rings. The van der Waals surface area contributed by atoms with Gasteiger partial charge < -0.3 is 9.84 Å². The molecule has 1 unspecified atom stereocenters. The van der Waals surface area contributed by atoms with Gasteiger partial charge in [0.25, 0.3) is 11.7 Å². The van der Waals surface area contributed by atoms with E-state index in [2.05, 4.69) is 57.5 Å². The van der Waals surface area contributed by atoms with Crippen molar-refractivity contribution in [2.24, 2.45) is 0 Å². The Morgan fingerprint density at radius 1 is 0.842 bits per heavy atom. The van der Waals surface area contributed by atoms with Gasteiger partial charge in [-0.2, -0.15) is 0 Å². The van der Waals surface area contributed by atoms with Crippen LogP contribution in [0.1, 0.15) is 69.8 Å². The summed E-state index contributed by atoms with van der Waals surface area (Å²) in [5, 5.41) is 11.4. The Morgan fingerprint density at radius 3 is 1.84 bits per heavy atom. The number of hydrogen-bond donors (Lipinski definition) is 1. The predicted molar refractivity (Wildman–Crippen MR) is 156 cm³/mol. The number of carbonyl (C=O) groups is 2. The second kappa shape index (κ2) is 10.1.